The van der Waals surface area contributed by atoms with E-state index in [2.05, 4.69) is 5.32 Å². The first-order valence-corrected chi connectivity index (χ1v) is 6.63. The number of methoxy groups -OCH3 is 1. The SMILES string of the molecule is CCC(CC)(NC(=O)c1cccc(COC)c1)C(=O)O. The van der Waals surface area contributed by atoms with Crippen LogP contribution in [0, 0.1) is 0 Å². The highest BCUT2D eigenvalue weighted by Gasteiger charge is 2.36. The summed E-state index contributed by atoms with van der Waals surface area (Å²) in [7, 11) is 1.58. The molecule has 0 saturated heterocycles. The van der Waals surface area contributed by atoms with Gasteiger partial charge in [0.2, 0.25) is 0 Å². The van der Waals surface area contributed by atoms with Crippen molar-refractivity contribution in [2.45, 2.75) is 38.8 Å². The molecule has 2 N–H and O–H groups in total. The summed E-state index contributed by atoms with van der Waals surface area (Å²) in [6.07, 6.45) is 0.671. The zero-order valence-electron chi connectivity index (χ0n) is 12.1. The highest BCUT2D eigenvalue weighted by molar-refractivity contribution is 5.98. The van der Waals surface area contributed by atoms with Crippen LogP contribution in [0.25, 0.3) is 0 Å². The number of carbonyl (C=O) groups is 2. The summed E-state index contributed by atoms with van der Waals surface area (Å²) >= 11 is 0. The van der Waals surface area contributed by atoms with Crippen LogP contribution in [0.1, 0.15) is 42.6 Å². The lowest BCUT2D eigenvalue weighted by atomic mass is 9.92. The smallest absolute Gasteiger partial charge is 0.329 e. The highest BCUT2D eigenvalue weighted by Crippen LogP contribution is 2.17. The minimum atomic E-state index is -1.21. The van der Waals surface area contributed by atoms with Gasteiger partial charge in [-0.2, -0.15) is 0 Å². The monoisotopic (exact) mass is 279 g/mol. The molecule has 20 heavy (non-hydrogen) atoms. The molecule has 0 radical (unpaired) electrons. The Kier molecular flexibility index (Phi) is 5.70. The molecule has 0 unspecified atom stereocenters. The van der Waals surface area contributed by atoms with E-state index >= 15 is 0 Å². The third-order valence-electron chi connectivity index (χ3n) is 3.47. The number of carboxylic acids is 1. The average molecular weight is 279 g/mol. The molecule has 1 rings (SSSR count). The molecule has 0 saturated carbocycles. The van der Waals surface area contributed by atoms with Gasteiger partial charge in [-0.05, 0) is 30.5 Å². The topological polar surface area (TPSA) is 75.6 Å². The summed E-state index contributed by atoms with van der Waals surface area (Å²) in [5, 5.41) is 12.0. The number of aliphatic carboxylic acids is 1. The Labute approximate surface area is 118 Å². The van der Waals surface area contributed by atoms with E-state index in [1.54, 1.807) is 39.2 Å². The van der Waals surface area contributed by atoms with E-state index in [4.69, 9.17) is 4.74 Å². The predicted octanol–water partition coefficient (Wildman–Crippen LogP) is 2.21. The van der Waals surface area contributed by atoms with E-state index in [1.165, 1.54) is 0 Å². The Bertz CT molecular complexity index is 481. The number of ether oxygens (including phenoxy) is 1. The van der Waals surface area contributed by atoms with Gasteiger partial charge in [0.05, 0.1) is 6.61 Å². The molecule has 0 bridgehead atoms. The van der Waals surface area contributed by atoms with Crippen LogP contribution in [-0.2, 0) is 16.1 Å². The molecule has 0 spiro atoms. The molecule has 0 fully saturated rings. The number of benzene rings is 1. The minimum Gasteiger partial charge on any atom is -0.480 e. The summed E-state index contributed by atoms with van der Waals surface area (Å²) in [4.78, 5) is 23.6. The van der Waals surface area contributed by atoms with Crippen molar-refractivity contribution in [3.05, 3.63) is 35.4 Å². The van der Waals surface area contributed by atoms with Crippen LogP contribution in [0.5, 0.6) is 0 Å². The molecule has 110 valence electrons. The maximum atomic E-state index is 12.2. The summed E-state index contributed by atoms with van der Waals surface area (Å²) in [5.41, 5.74) is 0.0927. The lowest BCUT2D eigenvalue weighted by molar-refractivity contribution is -0.144. The molecular weight excluding hydrogens is 258 g/mol. The first kappa shape index (κ1) is 16.2. The fraction of sp³-hybridized carbons (Fsp3) is 0.467. The van der Waals surface area contributed by atoms with Gasteiger partial charge in [-0.25, -0.2) is 4.79 Å². The standard InChI is InChI=1S/C15H21NO4/c1-4-15(5-2,14(18)19)16-13(17)12-8-6-7-11(9-12)10-20-3/h6-9H,4-5,10H2,1-3H3,(H,16,17)(H,18,19). The summed E-state index contributed by atoms with van der Waals surface area (Å²) in [6.45, 7) is 3.91. The molecule has 0 heterocycles. The quantitative estimate of drug-likeness (QED) is 0.802. The van der Waals surface area contributed by atoms with Gasteiger partial charge in [0.1, 0.15) is 5.54 Å². The van der Waals surface area contributed by atoms with Crippen molar-refractivity contribution in [1.82, 2.24) is 5.32 Å². The Balaban J connectivity index is 2.94. The van der Waals surface area contributed by atoms with E-state index < -0.39 is 11.5 Å². The maximum Gasteiger partial charge on any atom is 0.329 e. The van der Waals surface area contributed by atoms with Crippen molar-refractivity contribution in [2.24, 2.45) is 0 Å². The molecule has 0 atom stereocenters. The summed E-state index contributed by atoms with van der Waals surface area (Å²) in [5.74, 6) is -1.39. The Morgan fingerprint density at radius 1 is 1.30 bits per heavy atom. The second-order valence-electron chi connectivity index (χ2n) is 4.68. The van der Waals surface area contributed by atoms with Crippen molar-refractivity contribution in [1.29, 1.82) is 0 Å². The Morgan fingerprint density at radius 2 is 1.95 bits per heavy atom. The fourth-order valence-electron chi connectivity index (χ4n) is 2.04. The summed E-state index contributed by atoms with van der Waals surface area (Å²) in [6, 6.07) is 6.97. The average Bonchev–Trinajstić information content (AvgIpc) is 2.45. The molecule has 0 aliphatic rings. The number of carbonyl (C=O) groups excluding carboxylic acids is 1. The molecule has 5 heteroatoms. The van der Waals surface area contributed by atoms with Gasteiger partial charge in [-0.15, -0.1) is 0 Å². The van der Waals surface area contributed by atoms with Gasteiger partial charge in [0.25, 0.3) is 5.91 Å². The molecule has 0 aliphatic carbocycles. The van der Waals surface area contributed by atoms with Gasteiger partial charge in [0, 0.05) is 12.7 Å². The van der Waals surface area contributed by atoms with Crippen LogP contribution < -0.4 is 5.32 Å². The van der Waals surface area contributed by atoms with Crippen molar-refractivity contribution in [2.75, 3.05) is 7.11 Å². The van der Waals surface area contributed by atoms with Crippen LogP contribution in [-0.4, -0.2) is 29.6 Å². The van der Waals surface area contributed by atoms with E-state index in [0.717, 1.165) is 5.56 Å². The molecule has 0 aromatic heterocycles. The van der Waals surface area contributed by atoms with E-state index in [-0.39, 0.29) is 5.91 Å². The van der Waals surface area contributed by atoms with Crippen molar-refractivity contribution >= 4 is 11.9 Å². The second kappa shape index (κ2) is 7.05. The number of rotatable bonds is 7. The Morgan fingerprint density at radius 3 is 2.45 bits per heavy atom. The van der Waals surface area contributed by atoms with Crippen LogP contribution in [0.3, 0.4) is 0 Å². The number of amides is 1. The number of nitrogens with one attached hydrogen (secondary N) is 1. The first-order chi connectivity index (χ1) is 9.49. The van der Waals surface area contributed by atoms with E-state index in [1.807, 2.05) is 6.07 Å². The fourth-order valence-corrected chi connectivity index (χ4v) is 2.04. The van der Waals surface area contributed by atoms with Crippen LogP contribution in [0.2, 0.25) is 0 Å². The predicted molar refractivity (Wildman–Crippen MR) is 75.6 cm³/mol. The Hall–Kier alpha value is -1.88. The van der Waals surface area contributed by atoms with Crippen LogP contribution in [0.4, 0.5) is 0 Å². The first-order valence-electron chi connectivity index (χ1n) is 6.63. The normalized spacial score (nSPS) is 11.2. The zero-order chi connectivity index (χ0) is 15.2. The van der Waals surface area contributed by atoms with Gasteiger partial charge in [-0.3, -0.25) is 4.79 Å². The van der Waals surface area contributed by atoms with Crippen molar-refractivity contribution in [3.63, 3.8) is 0 Å². The highest BCUT2D eigenvalue weighted by atomic mass is 16.5. The van der Waals surface area contributed by atoms with Crippen LogP contribution >= 0.6 is 0 Å². The van der Waals surface area contributed by atoms with Crippen molar-refractivity contribution < 1.29 is 19.4 Å². The molecular formula is C15H21NO4. The van der Waals surface area contributed by atoms with Gasteiger partial charge < -0.3 is 15.2 Å². The molecule has 1 amide bonds. The number of hydrogen-bond donors (Lipinski definition) is 2. The molecule has 5 nitrogen and oxygen atoms in total. The maximum absolute atomic E-state index is 12.2. The molecule has 1 aromatic carbocycles. The van der Waals surface area contributed by atoms with Gasteiger partial charge in [0.15, 0.2) is 0 Å². The largest absolute Gasteiger partial charge is 0.480 e. The number of carboxylic acid groups (broad SMARTS) is 1. The summed E-state index contributed by atoms with van der Waals surface area (Å²) < 4.78 is 5.02. The molecule has 0 aliphatic heterocycles. The van der Waals surface area contributed by atoms with Crippen molar-refractivity contribution in [3.8, 4) is 0 Å². The number of hydrogen-bond acceptors (Lipinski definition) is 3. The molecule has 1 aromatic rings. The second-order valence-corrected chi connectivity index (χ2v) is 4.68. The minimum absolute atomic E-state index is 0.336. The zero-order valence-corrected chi connectivity index (χ0v) is 12.1. The third-order valence-corrected chi connectivity index (χ3v) is 3.47. The van der Waals surface area contributed by atoms with E-state index in [0.29, 0.717) is 25.0 Å². The van der Waals surface area contributed by atoms with Gasteiger partial charge >= 0.3 is 5.97 Å². The third kappa shape index (κ3) is 3.57. The lowest BCUT2D eigenvalue weighted by Gasteiger charge is -2.28. The van der Waals surface area contributed by atoms with Gasteiger partial charge in [-0.1, -0.05) is 26.0 Å². The van der Waals surface area contributed by atoms with E-state index in [9.17, 15) is 14.7 Å². The lowest BCUT2D eigenvalue weighted by Crippen LogP contribution is -2.53. The van der Waals surface area contributed by atoms with Crippen LogP contribution in [0.15, 0.2) is 24.3 Å².